The molecule has 4 rings (SSSR count). The van der Waals surface area contributed by atoms with E-state index >= 15 is 0 Å². The topological polar surface area (TPSA) is 79.9 Å². The van der Waals surface area contributed by atoms with E-state index in [9.17, 15) is 4.79 Å². The van der Waals surface area contributed by atoms with Crippen LogP contribution in [0, 0.1) is 6.92 Å². The summed E-state index contributed by atoms with van der Waals surface area (Å²) in [5.41, 5.74) is 3.16. The summed E-state index contributed by atoms with van der Waals surface area (Å²) in [7, 11) is 0. The van der Waals surface area contributed by atoms with Crippen molar-refractivity contribution in [2.75, 3.05) is 5.32 Å². The van der Waals surface area contributed by atoms with Gasteiger partial charge in [0.25, 0.3) is 5.91 Å². The third-order valence-electron chi connectivity index (χ3n) is 4.37. The fourth-order valence-corrected chi connectivity index (χ4v) is 2.71. The molecule has 2 aromatic heterocycles. The molecule has 0 bridgehead atoms. The zero-order chi connectivity index (χ0) is 16.5. The van der Waals surface area contributed by atoms with E-state index in [-0.39, 0.29) is 12.0 Å². The Kier molecular flexibility index (Phi) is 3.65. The molecule has 0 aliphatic heterocycles. The standard InChI is InChI=1S/C18H18N4O2/c1-11-7-13-10-20-22-16(13)9-15(11)21-18(23)12-5-6-19-17(8-12)24-14-3-2-4-14/h5-10,14H,2-4H2,1H3,(H,20,22)(H,21,23). The third-order valence-corrected chi connectivity index (χ3v) is 4.37. The maximum atomic E-state index is 12.5. The van der Waals surface area contributed by atoms with Crippen molar-refractivity contribution in [1.82, 2.24) is 15.2 Å². The Morgan fingerprint density at radius 3 is 3.00 bits per heavy atom. The lowest BCUT2D eigenvalue weighted by molar-refractivity contribution is 0.101. The highest BCUT2D eigenvalue weighted by Gasteiger charge is 2.20. The summed E-state index contributed by atoms with van der Waals surface area (Å²) < 4.78 is 5.76. The monoisotopic (exact) mass is 322 g/mol. The number of pyridine rings is 1. The first kappa shape index (κ1) is 14.7. The van der Waals surface area contributed by atoms with Gasteiger partial charge in [-0.2, -0.15) is 5.10 Å². The zero-order valence-electron chi connectivity index (χ0n) is 13.4. The Morgan fingerprint density at radius 2 is 2.21 bits per heavy atom. The Balaban J connectivity index is 1.54. The molecule has 3 aromatic rings. The quantitative estimate of drug-likeness (QED) is 0.771. The first-order valence-corrected chi connectivity index (χ1v) is 8.07. The van der Waals surface area contributed by atoms with Gasteiger partial charge in [-0.3, -0.25) is 9.89 Å². The second-order valence-electron chi connectivity index (χ2n) is 6.13. The number of nitrogens with zero attached hydrogens (tertiary/aromatic N) is 2. The fraction of sp³-hybridized carbons (Fsp3) is 0.278. The Hall–Kier alpha value is -2.89. The second kappa shape index (κ2) is 5.96. The highest BCUT2D eigenvalue weighted by molar-refractivity contribution is 6.05. The number of H-pyrrole nitrogens is 1. The highest BCUT2D eigenvalue weighted by Crippen LogP contribution is 2.25. The number of hydrogen-bond donors (Lipinski definition) is 2. The number of carbonyl (C=O) groups is 1. The van der Waals surface area contributed by atoms with E-state index in [0.717, 1.165) is 35.0 Å². The molecule has 0 saturated heterocycles. The fourth-order valence-electron chi connectivity index (χ4n) is 2.71. The van der Waals surface area contributed by atoms with Crippen LogP contribution in [0.5, 0.6) is 5.88 Å². The number of hydrogen-bond acceptors (Lipinski definition) is 4. The van der Waals surface area contributed by atoms with E-state index in [1.165, 1.54) is 6.42 Å². The van der Waals surface area contributed by atoms with Gasteiger partial charge >= 0.3 is 0 Å². The molecule has 0 spiro atoms. The SMILES string of the molecule is Cc1cc2cn[nH]c2cc1NC(=O)c1ccnc(OC2CCC2)c1. The molecule has 122 valence electrons. The van der Waals surface area contributed by atoms with Gasteiger partial charge in [0.15, 0.2) is 0 Å². The molecule has 1 amide bonds. The molecule has 1 saturated carbocycles. The summed E-state index contributed by atoms with van der Waals surface area (Å²) >= 11 is 0. The number of anilines is 1. The smallest absolute Gasteiger partial charge is 0.255 e. The largest absolute Gasteiger partial charge is 0.474 e. The second-order valence-corrected chi connectivity index (χ2v) is 6.13. The number of rotatable bonds is 4. The van der Waals surface area contributed by atoms with E-state index in [2.05, 4.69) is 20.5 Å². The van der Waals surface area contributed by atoms with E-state index in [0.29, 0.717) is 11.4 Å². The van der Waals surface area contributed by atoms with Crippen molar-refractivity contribution in [1.29, 1.82) is 0 Å². The Morgan fingerprint density at radius 1 is 1.33 bits per heavy atom. The summed E-state index contributed by atoms with van der Waals surface area (Å²) in [6, 6.07) is 7.26. The summed E-state index contributed by atoms with van der Waals surface area (Å²) in [5.74, 6) is 0.325. The van der Waals surface area contributed by atoms with Crippen LogP contribution < -0.4 is 10.1 Å². The molecular formula is C18H18N4O2. The van der Waals surface area contributed by atoms with E-state index in [1.807, 2.05) is 19.1 Å². The zero-order valence-corrected chi connectivity index (χ0v) is 13.4. The van der Waals surface area contributed by atoms with E-state index < -0.39 is 0 Å². The molecule has 6 heteroatoms. The number of amides is 1. The maximum absolute atomic E-state index is 12.5. The van der Waals surface area contributed by atoms with Crippen LogP contribution in [0.15, 0.2) is 36.7 Å². The third kappa shape index (κ3) is 2.82. The molecule has 2 heterocycles. The van der Waals surface area contributed by atoms with Crippen molar-refractivity contribution < 1.29 is 9.53 Å². The molecule has 0 radical (unpaired) electrons. The molecule has 24 heavy (non-hydrogen) atoms. The molecule has 1 aliphatic rings. The van der Waals surface area contributed by atoms with Crippen LogP contribution in [0.3, 0.4) is 0 Å². The lowest BCUT2D eigenvalue weighted by Crippen LogP contribution is -2.25. The lowest BCUT2D eigenvalue weighted by Gasteiger charge is -2.25. The maximum Gasteiger partial charge on any atom is 0.255 e. The van der Waals surface area contributed by atoms with Gasteiger partial charge in [0.1, 0.15) is 6.10 Å². The summed E-state index contributed by atoms with van der Waals surface area (Å²) in [4.78, 5) is 16.7. The van der Waals surface area contributed by atoms with Crippen LogP contribution in [0.1, 0.15) is 35.2 Å². The van der Waals surface area contributed by atoms with Gasteiger partial charge in [-0.15, -0.1) is 0 Å². The molecule has 0 atom stereocenters. The number of aryl methyl sites for hydroxylation is 1. The Bertz CT molecular complexity index is 899. The van der Waals surface area contributed by atoms with Gasteiger partial charge in [0.05, 0.1) is 11.7 Å². The number of aromatic nitrogens is 3. The van der Waals surface area contributed by atoms with Gasteiger partial charge in [-0.1, -0.05) is 0 Å². The van der Waals surface area contributed by atoms with Crippen molar-refractivity contribution in [3.05, 3.63) is 47.8 Å². The molecule has 2 N–H and O–H groups in total. The number of aromatic amines is 1. The predicted octanol–water partition coefficient (Wildman–Crippen LogP) is 3.45. The molecule has 6 nitrogen and oxygen atoms in total. The number of nitrogens with one attached hydrogen (secondary N) is 2. The van der Waals surface area contributed by atoms with Crippen molar-refractivity contribution in [3.63, 3.8) is 0 Å². The van der Waals surface area contributed by atoms with Gasteiger partial charge in [0, 0.05) is 28.9 Å². The molecule has 1 aliphatic carbocycles. The van der Waals surface area contributed by atoms with Crippen molar-refractivity contribution in [3.8, 4) is 5.88 Å². The van der Waals surface area contributed by atoms with E-state index in [4.69, 9.17) is 4.74 Å². The van der Waals surface area contributed by atoms with Crippen LogP contribution in [0.2, 0.25) is 0 Å². The average Bonchev–Trinajstić information content (AvgIpc) is 2.98. The molecular weight excluding hydrogens is 304 g/mol. The van der Waals surface area contributed by atoms with E-state index in [1.54, 1.807) is 24.5 Å². The first-order chi connectivity index (χ1) is 11.7. The summed E-state index contributed by atoms with van der Waals surface area (Å²) in [6.45, 7) is 1.96. The first-order valence-electron chi connectivity index (χ1n) is 8.07. The van der Waals surface area contributed by atoms with Crippen molar-refractivity contribution >= 4 is 22.5 Å². The van der Waals surface area contributed by atoms with Crippen molar-refractivity contribution in [2.45, 2.75) is 32.3 Å². The number of fused-ring (bicyclic) bond motifs is 1. The lowest BCUT2D eigenvalue weighted by atomic mass is 9.96. The van der Waals surface area contributed by atoms with Crippen LogP contribution >= 0.6 is 0 Å². The Labute approximate surface area is 139 Å². The van der Waals surface area contributed by atoms with Gasteiger partial charge in [-0.25, -0.2) is 4.98 Å². The molecule has 0 unspecified atom stereocenters. The average molecular weight is 322 g/mol. The van der Waals surface area contributed by atoms with Gasteiger partial charge in [-0.05, 0) is 49.9 Å². The van der Waals surface area contributed by atoms with Gasteiger partial charge in [0.2, 0.25) is 5.88 Å². The minimum absolute atomic E-state index is 0.183. The van der Waals surface area contributed by atoms with Gasteiger partial charge < -0.3 is 10.1 Å². The molecule has 1 aromatic carbocycles. The normalized spacial score (nSPS) is 14.4. The highest BCUT2D eigenvalue weighted by atomic mass is 16.5. The summed E-state index contributed by atoms with van der Waals surface area (Å²) in [6.07, 6.45) is 6.92. The number of benzene rings is 1. The number of carbonyl (C=O) groups excluding carboxylic acids is 1. The van der Waals surface area contributed by atoms with Crippen LogP contribution in [-0.4, -0.2) is 27.2 Å². The molecule has 1 fully saturated rings. The van der Waals surface area contributed by atoms with Crippen LogP contribution in [0.4, 0.5) is 5.69 Å². The minimum Gasteiger partial charge on any atom is -0.474 e. The van der Waals surface area contributed by atoms with Crippen LogP contribution in [0.25, 0.3) is 10.9 Å². The minimum atomic E-state index is -0.183. The van der Waals surface area contributed by atoms with Crippen molar-refractivity contribution in [2.24, 2.45) is 0 Å². The number of ether oxygens (including phenoxy) is 1. The summed E-state index contributed by atoms with van der Waals surface area (Å²) in [5, 5.41) is 10.9. The predicted molar refractivity (Wildman–Crippen MR) is 91.3 cm³/mol. The van der Waals surface area contributed by atoms with Crippen LogP contribution in [-0.2, 0) is 0 Å².